The zero-order chi connectivity index (χ0) is 13.8. The maximum Gasteiger partial charge on any atom is 0.270 e. The van der Waals surface area contributed by atoms with Crippen LogP contribution in [0.2, 0.25) is 0 Å². The second kappa shape index (κ2) is 6.19. The molecule has 0 spiro atoms. The van der Waals surface area contributed by atoms with Crippen LogP contribution in [0.15, 0.2) is 29.2 Å². The number of H-pyrrole nitrogens is 1. The van der Waals surface area contributed by atoms with Gasteiger partial charge < -0.3 is 9.88 Å². The third-order valence-corrected chi connectivity index (χ3v) is 4.21. The second-order valence-electron chi connectivity index (χ2n) is 4.99. The van der Waals surface area contributed by atoms with Gasteiger partial charge in [-0.1, -0.05) is 0 Å². The molecule has 20 heavy (non-hydrogen) atoms. The van der Waals surface area contributed by atoms with E-state index in [-0.39, 0.29) is 5.91 Å². The average molecular weight is 290 g/mol. The van der Waals surface area contributed by atoms with E-state index in [9.17, 15) is 4.79 Å². The summed E-state index contributed by atoms with van der Waals surface area (Å²) >= 11 is 1.63. The van der Waals surface area contributed by atoms with Crippen LogP contribution in [-0.4, -0.2) is 51.9 Å². The third-order valence-electron chi connectivity index (χ3n) is 3.57. The molecule has 1 N–H and O–H groups in total. The SMILES string of the molecule is O=C(c1ccc[nH]1)N1CCCN(Cc2cscn2)CC1. The molecule has 1 saturated heterocycles. The number of rotatable bonds is 3. The van der Waals surface area contributed by atoms with E-state index in [1.54, 1.807) is 17.5 Å². The Morgan fingerprint density at radius 3 is 3.05 bits per heavy atom. The number of aromatic nitrogens is 2. The number of thiazole rings is 1. The Balaban J connectivity index is 1.58. The molecule has 106 valence electrons. The number of nitrogens with zero attached hydrogens (tertiary/aromatic N) is 3. The summed E-state index contributed by atoms with van der Waals surface area (Å²) in [6, 6.07) is 3.69. The zero-order valence-corrected chi connectivity index (χ0v) is 12.1. The van der Waals surface area contributed by atoms with Crippen molar-refractivity contribution in [3.63, 3.8) is 0 Å². The molecular weight excluding hydrogens is 272 g/mol. The standard InChI is InChI=1S/C14H18N4OS/c19-14(13-3-1-4-15-13)18-6-2-5-17(7-8-18)9-12-10-20-11-16-12/h1,3-4,10-11,15H,2,5-9H2. The highest BCUT2D eigenvalue weighted by atomic mass is 32.1. The Labute approximate surface area is 122 Å². The molecule has 0 saturated carbocycles. The van der Waals surface area contributed by atoms with Gasteiger partial charge in [0.15, 0.2) is 0 Å². The number of aromatic amines is 1. The van der Waals surface area contributed by atoms with Crippen molar-refractivity contribution < 1.29 is 4.79 Å². The van der Waals surface area contributed by atoms with E-state index in [1.807, 2.05) is 22.5 Å². The number of hydrogen-bond donors (Lipinski definition) is 1. The second-order valence-corrected chi connectivity index (χ2v) is 5.70. The summed E-state index contributed by atoms with van der Waals surface area (Å²) in [5.41, 5.74) is 3.67. The molecule has 1 aliphatic heterocycles. The first-order valence-electron chi connectivity index (χ1n) is 6.85. The Morgan fingerprint density at radius 2 is 2.30 bits per heavy atom. The number of carbonyl (C=O) groups is 1. The molecule has 1 aliphatic rings. The normalized spacial score (nSPS) is 17.1. The first kappa shape index (κ1) is 13.3. The van der Waals surface area contributed by atoms with Gasteiger partial charge >= 0.3 is 0 Å². The van der Waals surface area contributed by atoms with Crippen molar-refractivity contribution in [1.29, 1.82) is 0 Å². The van der Waals surface area contributed by atoms with E-state index >= 15 is 0 Å². The van der Waals surface area contributed by atoms with Gasteiger partial charge in [-0.25, -0.2) is 4.98 Å². The van der Waals surface area contributed by atoms with Crippen LogP contribution in [0.1, 0.15) is 22.6 Å². The molecule has 0 bridgehead atoms. The molecule has 2 aromatic heterocycles. The van der Waals surface area contributed by atoms with Crippen LogP contribution in [-0.2, 0) is 6.54 Å². The predicted octanol–water partition coefficient (Wildman–Crippen LogP) is 1.82. The van der Waals surface area contributed by atoms with Crippen LogP contribution in [0.4, 0.5) is 0 Å². The average Bonchev–Trinajstić information content (AvgIpc) is 3.10. The first-order valence-corrected chi connectivity index (χ1v) is 7.79. The lowest BCUT2D eigenvalue weighted by Gasteiger charge is -2.21. The Morgan fingerprint density at radius 1 is 1.35 bits per heavy atom. The molecule has 0 radical (unpaired) electrons. The van der Waals surface area contributed by atoms with Crippen molar-refractivity contribution in [1.82, 2.24) is 19.8 Å². The molecule has 1 fully saturated rings. The van der Waals surface area contributed by atoms with E-state index in [2.05, 4.69) is 20.2 Å². The minimum atomic E-state index is 0.102. The van der Waals surface area contributed by atoms with Crippen molar-refractivity contribution in [2.45, 2.75) is 13.0 Å². The number of carbonyl (C=O) groups excluding carboxylic acids is 1. The lowest BCUT2D eigenvalue weighted by molar-refractivity contribution is 0.0756. The fourth-order valence-electron chi connectivity index (χ4n) is 2.51. The first-order chi connectivity index (χ1) is 9.83. The summed E-state index contributed by atoms with van der Waals surface area (Å²) in [4.78, 5) is 23.9. The Kier molecular flexibility index (Phi) is 4.13. The van der Waals surface area contributed by atoms with E-state index in [0.717, 1.165) is 44.8 Å². The van der Waals surface area contributed by atoms with Crippen LogP contribution < -0.4 is 0 Å². The molecule has 0 aliphatic carbocycles. The third kappa shape index (κ3) is 3.08. The maximum absolute atomic E-state index is 12.3. The van der Waals surface area contributed by atoms with Crippen molar-refractivity contribution in [3.05, 3.63) is 40.6 Å². The molecule has 6 heteroatoms. The van der Waals surface area contributed by atoms with Crippen LogP contribution >= 0.6 is 11.3 Å². The van der Waals surface area contributed by atoms with Crippen molar-refractivity contribution in [2.75, 3.05) is 26.2 Å². The topological polar surface area (TPSA) is 52.2 Å². The predicted molar refractivity (Wildman–Crippen MR) is 78.7 cm³/mol. The van der Waals surface area contributed by atoms with Gasteiger partial charge in [0.1, 0.15) is 5.69 Å². The minimum Gasteiger partial charge on any atom is -0.357 e. The van der Waals surface area contributed by atoms with E-state index < -0.39 is 0 Å². The van der Waals surface area contributed by atoms with Crippen LogP contribution in [0.25, 0.3) is 0 Å². The number of nitrogens with one attached hydrogen (secondary N) is 1. The van der Waals surface area contributed by atoms with Gasteiger partial charge in [-0.15, -0.1) is 11.3 Å². The molecule has 1 amide bonds. The lowest BCUT2D eigenvalue weighted by atomic mass is 10.3. The molecule has 3 heterocycles. The van der Waals surface area contributed by atoms with Gasteiger partial charge in [0.25, 0.3) is 5.91 Å². The van der Waals surface area contributed by atoms with Gasteiger partial charge in [0.2, 0.25) is 0 Å². The largest absolute Gasteiger partial charge is 0.357 e. The highest BCUT2D eigenvalue weighted by Gasteiger charge is 2.20. The molecule has 0 atom stereocenters. The summed E-state index contributed by atoms with van der Waals surface area (Å²) in [7, 11) is 0. The van der Waals surface area contributed by atoms with Crippen LogP contribution in [0.3, 0.4) is 0 Å². The molecule has 5 nitrogen and oxygen atoms in total. The molecule has 0 unspecified atom stereocenters. The van der Waals surface area contributed by atoms with E-state index in [1.165, 1.54) is 0 Å². The van der Waals surface area contributed by atoms with Gasteiger partial charge in [-0.2, -0.15) is 0 Å². The van der Waals surface area contributed by atoms with Crippen molar-refractivity contribution in [2.24, 2.45) is 0 Å². The summed E-state index contributed by atoms with van der Waals surface area (Å²) in [5.74, 6) is 0.102. The zero-order valence-electron chi connectivity index (χ0n) is 11.3. The molecule has 2 aromatic rings. The van der Waals surface area contributed by atoms with Gasteiger partial charge in [0, 0.05) is 44.3 Å². The monoisotopic (exact) mass is 290 g/mol. The summed E-state index contributed by atoms with van der Waals surface area (Å²) in [5, 5.41) is 2.09. The molecular formula is C14H18N4OS. The van der Waals surface area contributed by atoms with Crippen LogP contribution in [0.5, 0.6) is 0 Å². The van der Waals surface area contributed by atoms with Crippen molar-refractivity contribution in [3.8, 4) is 0 Å². The van der Waals surface area contributed by atoms with Gasteiger partial charge in [0.05, 0.1) is 11.2 Å². The molecule has 3 rings (SSSR count). The summed E-state index contributed by atoms with van der Waals surface area (Å²) in [6.45, 7) is 4.41. The maximum atomic E-state index is 12.3. The minimum absolute atomic E-state index is 0.102. The molecule has 0 aromatic carbocycles. The highest BCUT2D eigenvalue weighted by molar-refractivity contribution is 7.07. The summed E-state index contributed by atoms with van der Waals surface area (Å²) in [6.07, 6.45) is 2.80. The highest BCUT2D eigenvalue weighted by Crippen LogP contribution is 2.11. The fraction of sp³-hybridized carbons (Fsp3) is 0.429. The Bertz CT molecular complexity index is 538. The Hall–Kier alpha value is -1.66. The van der Waals surface area contributed by atoms with E-state index in [0.29, 0.717) is 5.69 Å². The van der Waals surface area contributed by atoms with Gasteiger partial charge in [-0.3, -0.25) is 9.69 Å². The van der Waals surface area contributed by atoms with Crippen molar-refractivity contribution >= 4 is 17.2 Å². The number of amides is 1. The summed E-state index contributed by atoms with van der Waals surface area (Å²) < 4.78 is 0. The number of hydrogen-bond acceptors (Lipinski definition) is 4. The van der Waals surface area contributed by atoms with Gasteiger partial charge in [-0.05, 0) is 18.6 Å². The smallest absolute Gasteiger partial charge is 0.270 e. The van der Waals surface area contributed by atoms with E-state index in [4.69, 9.17) is 0 Å². The quantitative estimate of drug-likeness (QED) is 0.938. The lowest BCUT2D eigenvalue weighted by Crippen LogP contribution is -2.35. The fourth-order valence-corrected chi connectivity index (χ4v) is 3.06. The van der Waals surface area contributed by atoms with Crippen LogP contribution in [0, 0.1) is 0 Å².